The topological polar surface area (TPSA) is 29.1 Å². The van der Waals surface area contributed by atoms with E-state index in [4.69, 9.17) is 11.6 Å². The molecular formula is C18H18ClNO. The van der Waals surface area contributed by atoms with Gasteiger partial charge in [-0.05, 0) is 35.8 Å². The highest BCUT2D eigenvalue weighted by Gasteiger charge is 2.10. The molecule has 0 fully saturated rings. The Kier molecular flexibility index (Phi) is 5.59. The molecule has 0 aliphatic heterocycles. The smallest absolute Gasteiger partial charge is 0.244 e. The Labute approximate surface area is 130 Å². The SMILES string of the molecule is CC[C@H](NC(=O)/C=C/c1ccc(Cl)cc1)c1ccccc1. The summed E-state index contributed by atoms with van der Waals surface area (Å²) in [6.07, 6.45) is 4.18. The first-order chi connectivity index (χ1) is 10.2. The molecule has 0 bridgehead atoms. The van der Waals surface area contributed by atoms with Crippen molar-refractivity contribution in [2.45, 2.75) is 19.4 Å². The van der Waals surface area contributed by atoms with Crippen molar-refractivity contribution >= 4 is 23.6 Å². The van der Waals surface area contributed by atoms with E-state index in [1.165, 1.54) is 0 Å². The lowest BCUT2D eigenvalue weighted by Crippen LogP contribution is -2.26. The summed E-state index contributed by atoms with van der Waals surface area (Å²) in [5.74, 6) is -0.0966. The van der Waals surface area contributed by atoms with Crippen LogP contribution in [0.2, 0.25) is 5.02 Å². The Morgan fingerprint density at radius 2 is 1.81 bits per heavy atom. The molecule has 3 heteroatoms. The molecule has 2 aromatic rings. The molecule has 2 nitrogen and oxygen atoms in total. The van der Waals surface area contributed by atoms with Crippen molar-refractivity contribution in [3.63, 3.8) is 0 Å². The Hall–Kier alpha value is -2.06. The second-order valence-electron chi connectivity index (χ2n) is 4.76. The van der Waals surface area contributed by atoms with Crippen LogP contribution in [-0.2, 0) is 4.79 Å². The highest BCUT2D eigenvalue weighted by Crippen LogP contribution is 2.16. The van der Waals surface area contributed by atoms with E-state index in [1.807, 2.05) is 42.5 Å². The molecular weight excluding hydrogens is 282 g/mol. The van der Waals surface area contributed by atoms with Gasteiger partial charge in [0, 0.05) is 11.1 Å². The number of hydrogen-bond acceptors (Lipinski definition) is 1. The minimum Gasteiger partial charge on any atom is -0.346 e. The number of halogens is 1. The van der Waals surface area contributed by atoms with Crippen molar-refractivity contribution < 1.29 is 4.79 Å². The zero-order valence-corrected chi connectivity index (χ0v) is 12.7. The molecule has 0 saturated heterocycles. The van der Waals surface area contributed by atoms with Crippen LogP contribution in [0.15, 0.2) is 60.7 Å². The number of carbonyl (C=O) groups is 1. The Morgan fingerprint density at radius 1 is 1.14 bits per heavy atom. The van der Waals surface area contributed by atoms with Gasteiger partial charge in [0.1, 0.15) is 0 Å². The molecule has 0 heterocycles. The van der Waals surface area contributed by atoms with Gasteiger partial charge in [0.2, 0.25) is 5.91 Å². The average molecular weight is 300 g/mol. The van der Waals surface area contributed by atoms with Gasteiger partial charge in [0.25, 0.3) is 0 Å². The van der Waals surface area contributed by atoms with Gasteiger partial charge in [0.15, 0.2) is 0 Å². The molecule has 1 atom stereocenters. The Balaban J connectivity index is 1.98. The van der Waals surface area contributed by atoms with Crippen molar-refractivity contribution in [2.24, 2.45) is 0 Å². The molecule has 1 N–H and O–H groups in total. The van der Waals surface area contributed by atoms with Gasteiger partial charge in [0.05, 0.1) is 6.04 Å². The molecule has 0 unspecified atom stereocenters. The second kappa shape index (κ2) is 7.65. The molecule has 2 rings (SSSR count). The first kappa shape index (κ1) is 15.3. The Bertz CT molecular complexity index is 605. The van der Waals surface area contributed by atoms with Crippen LogP contribution in [0.5, 0.6) is 0 Å². The summed E-state index contributed by atoms with van der Waals surface area (Å²) in [6, 6.07) is 17.4. The van der Waals surface area contributed by atoms with Gasteiger partial charge < -0.3 is 5.32 Å². The maximum Gasteiger partial charge on any atom is 0.244 e. The van der Waals surface area contributed by atoms with Crippen LogP contribution in [-0.4, -0.2) is 5.91 Å². The Morgan fingerprint density at radius 3 is 2.43 bits per heavy atom. The first-order valence-corrected chi connectivity index (χ1v) is 7.36. The van der Waals surface area contributed by atoms with Gasteiger partial charge in [-0.2, -0.15) is 0 Å². The average Bonchev–Trinajstić information content (AvgIpc) is 2.53. The van der Waals surface area contributed by atoms with Crippen LogP contribution in [0.4, 0.5) is 0 Å². The molecule has 0 aliphatic carbocycles. The predicted octanol–water partition coefficient (Wildman–Crippen LogP) is 4.62. The quantitative estimate of drug-likeness (QED) is 0.802. The number of hydrogen-bond donors (Lipinski definition) is 1. The lowest BCUT2D eigenvalue weighted by molar-refractivity contribution is -0.117. The van der Waals surface area contributed by atoms with Crippen LogP contribution in [0.3, 0.4) is 0 Å². The summed E-state index contributed by atoms with van der Waals surface area (Å²) in [5, 5.41) is 3.70. The number of benzene rings is 2. The number of carbonyl (C=O) groups excluding carboxylic acids is 1. The van der Waals surface area contributed by atoms with Crippen molar-refractivity contribution in [3.05, 3.63) is 76.8 Å². The van der Waals surface area contributed by atoms with E-state index < -0.39 is 0 Å². The third-order valence-electron chi connectivity index (χ3n) is 3.22. The van der Waals surface area contributed by atoms with Gasteiger partial charge in [-0.15, -0.1) is 0 Å². The van der Waals surface area contributed by atoms with Gasteiger partial charge in [-0.1, -0.05) is 61.0 Å². The summed E-state index contributed by atoms with van der Waals surface area (Å²) in [5.41, 5.74) is 2.07. The van der Waals surface area contributed by atoms with Crippen LogP contribution >= 0.6 is 11.6 Å². The molecule has 21 heavy (non-hydrogen) atoms. The minimum atomic E-state index is -0.0966. The highest BCUT2D eigenvalue weighted by atomic mass is 35.5. The van der Waals surface area contributed by atoms with Crippen molar-refractivity contribution in [2.75, 3.05) is 0 Å². The van der Waals surface area contributed by atoms with Crippen LogP contribution in [0.1, 0.15) is 30.5 Å². The molecule has 0 radical (unpaired) electrons. The normalized spacial score (nSPS) is 12.3. The second-order valence-corrected chi connectivity index (χ2v) is 5.20. The van der Waals surface area contributed by atoms with E-state index in [0.717, 1.165) is 17.5 Å². The van der Waals surface area contributed by atoms with E-state index in [1.54, 1.807) is 24.3 Å². The third-order valence-corrected chi connectivity index (χ3v) is 3.48. The van der Waals surface area contributed by atoms with Crippen LogP contribution < -0.4 is 5.32 Å². The van der Waals surface area contributed by atoms with Gasteiger partial charge in [-0.3, -0.25) is 4.79 Å². The van der Waals surface area contributed by atoms with Crippen molar-refractivity contribution in [1.82, 2.24) is 5.32 Å². The predicted molar refractivity (Wildman–Crippen MR) is 88.1 cm³/mol. The number of nitrogens with one attached hydrogen (secondary N) is 1. The molecule has 0 saturated carbocycles. The number of rotatable bonds is 5. The van der Waals surface area contributed by atoms with Crippen LogP contribution in [0, 0.1) is 0 Å². The third kappa shape index (κ3) is 4.76. The van der Waals surface area contributed by atoms with E-state index >= 15 is 0 Å². The maximum absolute atomic E-state index is 12.0. The zero-order valence-electron chi connectivity index (χ0n) is 11.9. The lowest BCUT2D eigenvalue weighted by atomic mass is 10.0. The summed E-state index contributed by atoms with van der Waals surface area (Å²) < 4.78 is 0. The van der Waals surface area contributed by atoms with E-state index in [9.17, 15) is 4.79 Å². The van der Waals surface area contributed by atoms with Gasteiger partial charge >= 0.3 is 0 Å². The molecule has 108 valence electrons. The van der Waals surface area contributed by atoms with E-state index in [2.05, 4.69) is 12.2 Å². The van der Waals surface area contributed by atoms with E-state index in [0.29, 0.717) is 5.02 Å². The minimum absolute atomic E-state index is 0.0357. The lowest BCUT2D eigenvalue weighted by Gasteiger charge is -2.16. The van der Waals surface area contributed by atoms with E-state index in [-0.39, 0.29) is 11.9 Å². The fourth-order valence-corrected chi connectivity index (χ4v) is 2.20. The largest absolute Gasteiger partial charge is 0.346 e. The zero-order chi connectivity index (χ0) is 15.1. The van der Waals surface area contributed by atoms with Gasteiger partial charge in [-0.25, -0.2) is 0 Å². The summed E-state index contributed by atoms with van der Waals surface area (Å²) in [7, 11) is 0. The van der Waals surface area contributed by atoms with Crippen molar-refractivity contribution in [1.29, 1.82) is 0 Å². The fraction of sp³-hybridized carbons (Fsp3) is 0.167. The molecule has 0 aromatic heterocycles. The fourth-order valence-electron chi connectivity index (χ4n) is 2.07. The summed E-state index contributed by atoms with van der Waals surface area (Å²) >= 11 is 5.83. The first-order valence-electron chi connectivity index (χ1n) is 6.98. The summed E-state index contributed by atoms with van der Waals surface area (Å²) in [4.78, 5) is 12.0. The highest BCUT2D eigenvalue weighted by molar-refractivity contribution is 6.30. The molecule has 0 spiro atoms. The summed E-state index contributed by atoms with van der Waals surface area (Å²) in [6.45, 7) is 2.06. The molecule has 2 aromatic carbocycles. The molecule has 0 aliphatic rings. The number of amides is 1. The standard InChI is InChI=1S/C18H18ClNO/c1-2-17(15-6-4-3-5-7-15)20-18(21)13-10-14-8-11-16(19)12-9-14/h3-13,17H,2H2,1H3,(H,20,21)/b13-10+/t17-/m0/s1. The van der Waals surface area contributed by atoms with Crippen molar-refractivity contribution in [3.8, 4) is 0 Å². The maximum atomic E-state index is 12.0. The van der Waals surface area contributed by atoms with Crippen LogP contribution in [0.25, 0.3) is 6.08 Å². The monoisotopic (exact) mass is 299 g/mol. The molecule has 1 amide bonds.